The van der Waals surface area contributed by atoms with Gasteiger partial charge in [-0.15, -0.1) is 11.3 Å². The topological polar surface area (TPSA) is 124 Å². The average molecular weight is 451 g/mol. The SMILES string of the molecule is COc1ccc(C(=O)Nc2onc(-c3nccs3)c2-c2ccccc2C(=O)O)c(OC)c1. The molecule has 0 radical (unpaired) electrons. The fourth-order valence-corrected chi connectivity index (χ4v) is 3.78. The van der Waals surface area contributed by atoms with Gasteiger partial charge in [-0.25, -0.2) is 9.78 Å². The molecule has 0 atom stereocenters. The van der Waals surface area contributed by atoms with Gasteiger partial charge in [-0.3, -0.25) is 10.1 Å². The minimum Gasteiger partial charge on any atom is -0.497 e. The zero-order valence-corrected chi connectivity index (χ0v) is 17.8. The van der Waals surface area contributed by atoms with Crippen LogP contribution in [0.4, 0.5) is 5.88 Å². The first-order chi connectivity index (χ1) is 15.5. The van der Waals surface area contributed by atoms with E-state index in [9.17, 15) is 14.7 Å². The lowest BCUT2D eigenvalue weighted by molar-refractivity contribution is 0.0697. The Labute approximate surface area is 186 Å². The molecule has 0 spiro atoms. The van der Waals surface area contributed by atoms with Gasteiger partial charge in [-0.1, -0.05) is 23.4 Å². The van der Waals surface area contributed by atoms with Crippen molar-refractivity contribution < 1.29 is 28.7 Å². The normalized spacial score (nSPS) is 10.6. The van der Waals surface area contributed by atoms with Crippen molar-refractivity contribution in [2.45, 2.75) is 0 Å². The number of aromatic nitrogens is 2. The molecule has 4 rings (SSSR count). The molecule has 0 unspecified atom stereocenters. The Bertz CT molecular complexity index is 1280. The van der Waals surface area contributed by atoms with Crippen molar-refractivity contribution in [3.63, 3.8) is 0 Å². The lowest BCUT2D eigenvalue weighted by Gasteiger charge is -2.11. The molecule has 0 aliphatic rings. The van der Waals surface area contributed by atoms with Gasteiger partial charge in [0.15, 0.2) is 5.69 Å². The Kier molecular flexibility index (Phi) is 5.86. The highest BCUT2D eigenvalue weighted by Gasteiger charge is 2.27. The number of methoxy groups -OCH3 is 2. The molecule has 0 bridgehead atoms. The van der Waals surface area contributed by atoms with Crippen molar-refractivity contribution in [3.05, 3.63) is 65.2 Å². The van der Waals surface area contributed by atoms with Crippen LogP contribution in [0.2, 0.25) is 0 Å². The number of aromatic carboxylic acids is 1. The van der Waals surface area contributed by atoms with Crippen LogP contribution in [-0.2, 0) is 0 Å². The molecule has 0 aliphatic heterocycles. The van der Waals surface area contributed by atoms with Crippen LogP contribution in [0.1, 0.15) is 20.7 Å². The lowest BCUT2D eigenvalue weighted by atomic mass is 9.99. The van der Waals surface area contributed by atoms with E-state index < -0.39 is 11.9 Å². The second-order valence-corrected chi connectivity index (χ2v) is 7.34. The summed E-state index contributed by atoms with van der Waals surface area (Å²) in [5.41, 5.74) is 1.25. The predicted molar refractivity (Wildman–Crippen MR) is 118 cm³/mol. The summed E-state index contributed by atoms with van der Waals surface area (Å²) in [6.07, 6.45) is 1.60. The summed E-state index contributed by atoms with van der Waals surface area (Å²) in [4.78, 5) is 29.1. The van der Waals surface area contributed by atoms with Gasteiger partial charge in [0, 0.05) is 23.2 Å². The molecule has 10 heteroatoms. The quantitative estimate of drug-likeness (QED) is 0.423. The van der Waals surface area contributed by atoms with Gasteiger partial charge in [-0.2, -0.15) is 0 Å². The van der Waals surface area contributed by atoms with Crippen LogP contribution in [0.25, 0.3) is 21.8 Å². The smallest absolute Gasteiger partial charge is 0.336 e. The number of rotatable bonds is 7. The van der Waals surface area contributed by atoms with Crippen molar-refractivity contribution in [1.82, 2.24) is 10.1 Å². The number of amides is 1. The van der Waals surface area contributed by atoms with Gasteiger partial charge in [0.05, 0.1) is 30.9 Å². The van der Waals surface area contributed by atoms with Gasteiger partial charge in [0.1, 0.15) is 16.5 Å². The van der Waals surface area contributed by atoms with Gasteiger partial charge in [0.2, 0.25) is 5.88 Å². The Morgan fingerprint density at radius 3 is 2.59 bits per heavy atom. The van der Waals surface area contributed by atoms with Gasteiger partial charge >= 0.3 is 5.97 Å². The zero-order valence-electron chi connectivity index (χ0n) is 17.0. The number of carbonyl (C=O) groups is 2. The Morgan fingerprint density at radius 1 is 1.09 bits per heavy atom. The first kappa shape index (κ1) is 21.1. The molecule has 0 saturated carbocycles. The van der Waals surface area contributed by atoms with E-state index in [2.05, 4.69) is 15.5 Å². The molecule has 32 heavy (non-hydrogen) atoms. The van der Waals surface area contributed by atoms with Crippen molar-refractivity contribution >= 4 is 29.1 Å². The Balaban J connectivity index is 1.81. The minimum atomic E-state index is -1.12. The van der Waals surface area contributed by atoms with Crippen LogP contribution in [-0.4, -0.2) is 41.3 Å². The third-order valence-electron chi connectivity index (χ3n) is 4.63. The molecule has 4 aromatic rings. The van der Waals surface area contributed by atoms with E-state index in [4.69, 9.17) is 14.0 Å². The molecule has 2 N–H and O–H groups in total. The molecular weight excluding hydrogens is 434 g/mol. The van der Waals surface area contributed by atoms with E-state index >= 15 is 0 Å². The fourth-order valence-electron chi connectivity index (χ4n) is 3.16. The monoisotopic (exact) mass is 451 g/mol. The van der Waals surface area contributed by atoms with Crippen molar-refractivity contribution in [2.24, 2.45) is 0 Å². The second kappa shape index (κ2) is 8.90. The average Bonchev–Trinajstić information content (AvgIpc) is 3.48. The highest BCUT2D eigenvalue weighted by molar-refractivity contribution is 7.13. The number of carboxylic acids is 1. The number of carboxylic acid groups (broad SMARTS) is 1. The third-order valence-corrected chi connectivity index (χ3v) is 5.41. The van der Waals surface area contributed by atoms with Crippen LogP contribution >= 0.6 is 11.3 Å². The number of ether oxygens (including phenoxy) is 2. The van der Waals surface area contributed by atoms with Crippen LogP contribution < -0.4 is 14.8 Å². The summed E-state index contributed by atoms with van der Waals surface area (Å²) in [7, 11) is 2.95. The number of thiazole rings is 1. The van der Waals surface area contributed by atoms with Gasteiger partial charge in [0.25, 0.3) is 5.91 Å². The molecule has 9 nitrogen and oxygen atoms in total. The number of nitrogens with one attached hydrogen (secondary N) is 1. The van der Waals surface area contributed by atoms with E-state index in [1.54, 1.807) is 48.0 Å². The number of carbonyl (C=O) groups excluding carboxylic acids is 1. The zero-order chi connectivity index (χ0) is 22.7. The van der Waals surface area contributed by atoms with Crippen molar-refractivity contribution in [1.29, 1.82) is 0 Å². The van der Waals surface area contributed by atoms with Crippen molar-refractivity contribution in [2.75, 3.05) is 19.5 Å². The Morgan fingerprint density at radius 2 is 1.91 bits per heavy atom. The number of benzene rings is 2. The highest BCUT2D eigenvalue weighted by atomic mass is 32.1. The van der Waals surface area contributed by atoms with Crippen LogP contribution in [0, 0.1) is 0 Å². The second-order valence-electron chi connectivity index (χ2n) is 6.44. The molecule has 0 saturated heterocycles. The number of hydrogen-bond donors (Lipinski definition) is 2. The molecule has 2 heterocycles. The summed E-state index contributed by atoms with van der Waals surface area (Å²) in [6.45, 7) is 0. The lowest BCUT2D eigenvalue weighted by Crippen LogP contribution is -2.13. The van der Waals surface area contributed by atoms with E-state index in [1.807, 2.05) is 0 Å². The highest BCUT2D eigenvalue weighted by Crippen LogP contribution is 2.40. The predicted octanol–water partition coefficient (Wildman–Crippen LogP) is 4.43. The maximum atomic E-state index is 13.0. The maximum absolute atomic E-state index is 13.0. The number of nitrogens with zero attached hydrogens (tertiary/aromatic N) is 2. The molecule has 1 amide bonds. The third kappa shape index (κ3) is 3.91. The maximum Gasteiger partial charge on any atom is 0.336 e. The molecular formula is C22H17N3O6S. The van der Waals surface area contributed by atoms with E-state index in [1.165, 1.54) is 31.6 Å². The fraction of sp³-hybridized carbons (Fsp3) is 0.0909. The summed E-state index contributed by atoms with van der Waals surface area (Å²) >= 11 is 1.31. The summed E-state index contributed by atoms with van der Waals surface area (Å²) in [5, 5.41) is 18.7. The summed E-state index contributed by atoms with van der Waals surface area (Å²) in [6, 6.07) is 11.2. The Hall–Kier alpha value is -4.18. The molecule has 0 fully saturated rings. The molecule has 2 aromatic heterocycles. The van der Waals surface area contributed by atoms with E-state index in [-0.39, 0.29) is 17.0 Å². The van der Waals surface area contributed by atoms with Gasteiger partial charge in [-0.05, 0) is 18.2 Å². The van der Waals surface area contributed by atoms with Crippen LogP contribution in [0.3, 0.4) is 0 Å². The summed E-state index contributed by atoms with van der Waals surface area (Å²) < 4.78 is 15.9. The first-order valence-electron chi connectivity index (χ1n) is 9.29. The molecule has 2 aromatic carbocycles. The molecule has 0 aliphatic carbocycles. The van der Waals surface area contributed by atoms with E-state index in [0.29, 0.717) is 33.3 Å². The minimum absolute atomic E-state index is 0.00762. The summed E-state index contributed by atoms with van der Waals surface area (Å²) in [5.74, 6) is -0.831. The standard InChI is InChI=1S/C22H17N3O6S/c1-29-12-7-8-15(16(11-12)30-2)19(26)24-20-17(13-5-3-4-6-14(13)22(27)28)18(25-31-20)21-23-9-10-32-21/h3-11H,1-2H3,(H,24,26)(H,27,28). The number of anilines is 1. The molecule has 162 valence electrons. The van der Waals surface area contributed by atoms with Gasteiger partial charge < -0.3 is 19.1 Å². The number of hydrogen-bond acceptors (Lipinski definition) is 8. The van der Waals surface area contributed by atoms with Crippen LogP contribution in [0.15, 0.2) is 58.6 Å². The largest absolute Gasteiger partial charge is 0.497 e. The first-order valence-corrected chi connectivity index (χ1v) is 10.2. The van der Waals surface area contributed by atoms with E-state index in [0.717, 1.165) is 0 Å². The van der Waals surface area contributed by atoms with Crippen LogP contribution in [0.5, 0.6) is 11.5 Å². The van der Waals surface area contributed by atoms with Crippen molar-refractivity contribution in [3.8, 4) is 33.3 Å².